The van der Waals surface area contributed by atoms with Crippen LogP contribution in [0.25, 0.3) is 11.6 Å². The van der Waals surface area contributed by atoms with Crippen molar-refractivity contribution >= 4 is 29.7 Å². The van der Waals surface area contributed by atoms with Gasteiger partial charge in [0.2, 0.25) is 5.76 Å². The molecule has 1 saturated carbocycles. The van der Waals surface area contributed by atoms with Gasteiger partial charge in [0.05, 0.1) is 55.0 Å². The third-order valence-electron chi connectivity index (χ3n) is 13.3. The number of piperidine rings is 1. The topological polar surface area (TPSA) is 194 Å². The predicted octanol–water partition coefficient (Wildman–Crippen LogP) is 2.85. The molecule has 2 aromatic carbocycles. The van der Waals surface area contributed by atoms with E-state index >= 15 is 0 Å². The highest BCUT2D eigenvalue weighted by atomic mass is 16.6. The number of nitrogens with zero attached hydrogens (tertiary/aromatic N) is 2. The highest BCUT2D eigenvalue weighted by Gasteiger charge is 2.50. The zero-order valence-corrected chi connectivity index (χ0v) is 35.7. The number of Topliss-reactive ketones (excluding diaryl/α,β-unsaturated/α-hetero) is 1. The van der Waals surface area contributed by atoms with Gasteiger partial charge in [-0.05, 0) is 87.7 Å². The Morgan fingerprint density at radius 3 is 2.62 bits per heavy atom. The number of esters is 1. The molecule has 5 aliphatic rings. The molecule has 7 rings (SSSR count). The van der Waals surface area contributed by atoms with Crippen molar-refractivity contribution in [2.75, 3.05) is 59.8 Å². The number of hydrogen-bond acceptors (Lipinski definition) is 14. The van der Waals surface area contributed by atoms with E-state index in [1.807, 2.05) is 24.3 Å². The van der Waals surface area contributed by atoms with Gasteiger partial charge >= 0.3 is 5.97 Å². The van der Waals surface area contributed by atoms with Crippen molar-refractivity contribution in [2.24, 2.45) is 16.8 Å². The first-order valence-electron chi connectivity index (χ1n) is 21.8. The maximum atomic E-state index is 14.1. The number of hydrogen-bond donors (Lipinski definition) is 4. The Hall–Kier alpha value is -4.44. The number of likely N-dealkylation sites (tertiary alicyclic amines) is 1. The molecule has 330 valence electrons. The summed E-state index contributed by atoms with van der Waals surface area (Å²) >= 11 is 0. The summed E-state index contributed by atoms with van der Waals surface area (Å²) in [4.78, 5) is 48.2. The van der Waals surface area contributed by atoms with Crippen LogP contribution in [0.1, 0.15) is 93.9 Å². The van der Waals surface area contributed by atoms with Gasteiger partial charge in [-0.2, -0.15) is 0 Å². The largest absolute Gasteiger partial charge is 0.492 e. The molecule has 0 radical (unpaired) electrons. The standard InChI is InChI=1S/C47H60N2O12/c1-5-32-22-31(12-15-49(32)14-7-17-57-4)47(3,56)38-23-34-42(60-38)36(26-53)44-40(43(34)59-18-8-16-50)39(35(25-52)45(61-44)46(55)58-6-2)29-20-30(24-51)41(54)33(21-29)27-9-10-37-28(19-27)11-13-48-37/h9-11,19,25,30-33,38,50-51,53,56H,5-8,12-18,20-24,26H2,1-4H3/t30-,31-,32-,33-,38+,47-/m1/s1. The number of methoxy groups -OCH3 is 1. The molecule has 0 amide bonds. The molecule has 4 N–H and O–H groups in total. The lowest BCUT2D eigenvalue weighted by atomic mass is 9.71. The third kappa shape index (κ3) is 8.55. The SMILES string of the molecule is CCOC(=O)C1=C(C=O)C(=C2C[C@H](CO)C(=O)[C@@H](c3ccc4c(c3)=CCN=4)C2)c2c(OCCCO)c3c(c(CO)c2O1)O[C@H]([C@](C)(O)[C@@H]1CCN(CCCOC)[C@H](CC)C1)C3. The van der Waals surface area contributed by atoms with Crippen molar-refractivity contribution in [3.63, 3.8) is 0 Å². The molecule has 0 unspecified atom stereocenters. The number of allylic oxidation sites excluding steroid dienone is 3. The molecule has 2 fully saturated rings. The number of aliphatic hydroxyl groups is 4. The van der Waals surface area contributed by atoms with Gasteiger partial charge in [-0.3, -0.25) is 14.6 Å². The lowest BCUT2D eigenvalue weighted by molar-refractivity contribution is -0.141. The van der Waals surface area contributed by atoms with E-state index < -0.39 is 48.5 Å². The minimum Gasteiger partial charge on any atom is -0.492 e. The molecule has 4 aliphatic heterocycles. The van der Waals surface area contributed by atoms with Crippen LogP contribution in [-0.4, -0.2) is 121 Å². The number of ketones is 1. The molecule has 0 bridgehead atoms. The van der Waals surface area contributed by atoms with Crippen molar-refractivity contribution in [1.82, 2.24) is 4.90 Å². The molecule has 0 aromatic heterocycles. The van der Waals surface area contributed by atoms with Crippen LogP contribution in [-0.2, 0) is 36.9 Å². The Labute approximate surface area is 356 Å². The highest BCUT2D eigenvalue weighted by Crippen LogP contribution is 2.57. The Balaban J connectivity index is 1.38. The first-order chi connectivity index (χ1) is 29.5. The average Bonchev–Trinajstić information content (AvgIpc) is 3.94. The smallest absolute Gasteiger partial charge is 0.375 e. The second-order valence-corrected chi connectivity index (χ2v) is 16.9. The summed E-state index contributed by atoms with van der Waals surface area (Å²) in [7, 11) is 1.70. The fourth-order valence-electron chi connectivity index (χ4n) is 10.0. The Morgan fingerprint density at radius 1 is 1.10 bits per heavy atom. The summed E-state index contributed by atoms with van der Waals surface area (Å²) in [5.41, 5.74) is 1.21. The molecule has 1 saturated heterocycles. The number of aldehydes is 1. The molecule has 4 heterocycles. The Kier molecular flexibility index (Phi) is 14.1. The number of rotatable bonds is 17. The van der Waals surface area contributed by atoms with E-state index in [2.05, 4.69) is 16.8 Å². The van der Waals surface area contributed by atoms with E-state index in [4.69, 9.17) is 23.7 Å². The average molecular weight is 845 g/mol. The van der Waals surface area contributed by atoms with Gasteiger partial charge in [0.1, 0.15) is 34.7 Å². The third-order valence-corrected chi connectivity index (χ3v) is 13.3. The maximum Gasteiger partial charge on any atom is 0.375 e. The Bertz CT molecular complexity index is 2190. The van der Waals surface area contributed by atoms with Gasteiger partial charge < -0.3 is 49.0 Å². The van der Waals surface area contributed by atoms with Gasteiger partial charge in [-0.25, -0.2) is 4.79 Å². The fraction of sp³-hybridized carbons (Fsp3) is 0.574. The number of aliphatic hydroxyl groups excluding tert-OH is 3. The van der Waals surface area contributed by atoms with Crippen LogP contribution >= 0.6 is 0 Å². The lowest BCUT2D eigenvalue weighted by Crippen LogP contribution is -2.54. The molecule has 14 heteroatoms. The minimum atomic E-state index is -1.32. The summed E-state index contributed by atoms with van der Waals surface area (Å²) in [6, 6.07) is 5.94. The van der Waals surface area contributed by atoms with Crippen LogP contribution in [0, 0.1) is 11.8 Å². The number of carbonyl (C=O) groups excluding carboxylic acids is 3. The van der Waals surface area contributed by atoms with Crippen LogP contribution in [0.5, 0.6) is 17.2 Å². The molecule has 6 atom stereocenters. The monoisotopic (exact) mass is 844 g/mol. The van der Waals surface area contributed by atoms with Crippen molar-refractivity contribution in [3.05, 3.63) is 67.9 Å². The van der Waals surface area contributed by atoms with E-state index in [9.17, 15) is 34.8 Å². The van der Waals surface area contributed by atoms with Crippen molar-refractivity contribution < 1.29 is 58.5 Å². The summed E-state index contributed by atoms with van der Waals surface area (Å²) in [6.45, 7) is 7.36. The van der Waals surface area contributed by atoms with Gasteiger partial charge in [0.25, 0.3) is 0 Å². The first-order valence-corrected chi connectivity index (χ1v) is 21.8. The summed E-state index contributed by atoms with van der Waals surface area (Å²) in [5, 5.41) is 46.0. The second-order valence-electron chi connectivity index (χ2n) is 16.9. The first kappa shape index (κ1) is 44.6. The molecule has 61 heavy (non-hydrogen) atoms. The van der Waals surface area contributed by atoms with Crippen LogP contribution in [0.4, 0.5) is 0 Å². The molecule has 14 nitrogen and oxygen atoms in total. The molecular formula is C47H60N2O12. The summed E-state index contributed by atoms with van der Waals surface area (Å²) < 4.78 is 30.4. The van der Waals surface area contributed by atoms with Gasteiger partial charge in [0, 0.05) is 68.7 Å². The van der Waals surface area contributed by atoms with Crippen molar-refractivity contribution in [2.45, 2.75) is 102 Å². The zero-order chi connectivity index (χ0) is 43.4. The van der Waals surface area contributed by atoms with E-state index in [0.717, 1.165) is 54.9 Å². The van der Waals surface area contributed by atoms with Crippen LogP contribution in [0.15, 0.2) is 40.1 Å². The normalized spacial score (nSPS) is 25.6. The molecule has 2 aromatic rings. The number of ether oxygens (including phenoxy) is 5. The fourth-order valence-corrected chi connectivity index (χ4v) is 10.0. The van der Waals surface area contributed by atoms with Crippen LogP contribution < -0.4 is 24.8 Å². The van der Waals surface area contributed by atoms with Gasteiger partial charge in [-0.15, -0.1) is 0 Å². The van der Waals surface area contributed by atoms with E-state index in [1.165, 1.54) is 0 Å². The molecule has 1 aliphatic carbocycles. The Morgan fingerprint density at radius 2 is 1.92 bits per heavy atom. The number of carbonyl (C=O) groups is 3. The summed E-state index contributed by atoms with van der Waals surface area (Å²) in [6.07, 6.45) is 5.75. The summed E-state index contributed by atoms with van der Waals surface area (Å²) in [5.74, 6) is -2.56. The van der Waals surface area contributed by atoms with Crippen molar-refractivity contribution in [1.29, 1.82) is 0 Å². The van der Waals surface area contributed by atoms with Crippen molar-refractivity contribution in [3.8, 4) is 17.2 Å². The quantitative estimate of drug-likeness (QED) is 0.103. The molecular weight excluding hydrogens is 785 g/mol. The second kappa shape index (κ2) is 19.3. The van der Waals surface area contributed by atoms with Gasteiger partial charge in [0.15, 0.2) is 6.29 Å². The predicted molar refractivity (Wildman–Crippen MR) is 225 cm³/mol. The molecule has 0 spiro atoms. The van der Waals surface area contributed by atoms with E-state index in [1.54, 1.807) is 21.0 Å². The van der Waals surface area contributed by atoms with Gasteiger partial charge in [-0.1, -0.05) is 24.6 Å². The van der Waals surface area contributed by atoms with E-state index in [0.29, 0.717) is 30.6 Å². The van der Waals surface area contributed by atoms with Crippen LogP contribution in [0.3, 0.4) is 0 Å². The van der Waals surface area contributed by atoms with Crippen LogP contribution in [0.2, 0.25) is 0 Å². The van der Waals surface area contributed by atoms with E-state index in [-0.39, 0.29) is 103 Å². The number of benzene rings is 2. The lowest BCUT2D eigenvalue weighted by Gasteiger charge is -2.46. The number of fused-ring (bicyclic) bond motifs is 3. The maximum absolute atomic E-state index is 14.1. The highest BCUT2D eigenvalue weighted by molar-refractivity contribution is 6.11. The zero-order valence-electron chi connectivity index (χ0n) is 35.7. The minimum absolute atomic E-state index is 0.0151.